The molecular weight excluding hydrogens is 146 g/mol. The summed E-state index contributed by atoms with van der Waals surface area (Å²) in [5, 5.41) is 3.35. The van der Waals surface area contributed by atoms with Gasteiger partial charge in [-0.05, 0) is 33.7 Å². The molecular formula is C8H16ClN. The summed E-state index contributed by atoms with van der Waals surface area (Å²) >= 11 is 5.34. The third kappa shape index (κ3) is 7.99. The molecule has 0 spiro atoms. The summed E-state index contributed by atoms with van der Waals surface area (Å²) in [5.41, 5.74) is 1.78. The summed E-state index contributed by atoms with van der Waals surface area (Å²) in [6.07, 6.45) is 2.95. The Balaban J connectivity index is 3.20. The van der Waals surface area contributed by atoms with Crippen LogP contribution < -0.4 is 5.32 Å². The summed E-state index contributed by atoms with van der Waals surface area (Å²) in [5.74, 6) is 0. The van der Waals surface area contributed by atoms with Gasteiger partial charge in [0.1, 0.15) is 0 Å². The molecule has 1 nitrogen and oxygen atoms in total. The first-order valence-electron chi connectivity index (χ1n) is 3.56. The molecule has 0 unspecified atom stereocenters. The monoisotopic (exact) mass is 161 g/mol. The highest BCUT2D eigenvalue weighted by molar-refractivity contribution is 6.25. The van der Waals surface area contributed by atoms with E-state index in [-0.39, 0.29) is 5.54 Å². The van der Waals surface area contributed by atoms with Crippen molar-refractivity contribution in [3.05, 3.63) is 11.6 Å². The van der Waals surface area contributed by atoms with Crippen LogP contribution in [0.3, 0.4) is 0 Å². The largest absolute Gasteiger partial charge is 0.312 e. The van der Waals surface area contributed by atoms with E-state index in [4.69, 9.17) is 11.6 Å². The molecule has 0 amide bonds. The van der Waals surface area contributed by atoms with Gasteiger partial charge in [0.2, 0.25) is 0 Å². The minimum absolute atomic E-state index is 0.222. The lowest BCUT2D eigenvalue weighted by molar-refractivity contribution is 0.431. The Labute approximate surface area is 68.5 Å². The van der Waals surface area contributed by atoms with Crippen molar-refractivity contribution in [3.63, 3.8) is 0 Å². The van der Waals surface area contributed by atoms with Crippen molar-refractivity contribution in [1.29, 1.82) is 0 Å². The quantitative estimate of drug-likeness (QED) is 0.628. The summed E-state index contributed by atoms with van der Waals surface area (Å²) in [6, 6.07) is 0. The number of hydrogen-bond donors (Lipinski definition) is 1. The number of hydrogen-bond acceptors (Lipinski definition) is 1. The van der Waals surface area contributed by atoms with Crippen LogP contribution in [0.4, 0.5) is 0 Å². The molecule has 0 bridgehead atoms. The maximum absolute atomic E-state index is 5.34. The Kier molecular flexibility index (Phi) is 4.75. The molecule has 0 aliphatic heterocycles. The van der Waals surface area contributed by atoms with E-state index in [1.807, 2.05) is 6.08 Å². The van der Waals surface area contributed by atoms with Gasteiger partial charge in [0.25, 0.3) is 0 Å². The normalized spacial score (nSPS) is 12.8. The second kappa shape index (κ2) is 4.75. The molecule has 0 saturated carbocycles. The first-order chi connectivity index (χ1) is 4.56. The zero-order valence-electron chi connectivity index (χ0n) is 6.95. The molecule has 0 aromatic rings. The van der Waals surface area contributed by atoms with Gasteiger partial charge in [-0.2, -0.15) is 0 Å². The minimum atomic E-state index is 0.222. The lowest BCUT2D eigenvalue weighted by Gasteiger charge is -2.19. The van der Waals surface area contributed by atoms with E-state index < -0.39 is 0 Å². The lowest BCUT2D eigenvalue weighted by Crippen LogP contribution is -2.36. The van der Waals surface area contributed by atoms with Crippen LogP contribution in [0.1, 0.15) is 27.2 Å². The molecule has 0 aromatic heterocycles. The van der Waals surface area contributed by atoms with Gasteiger partial charge in [0.05, 0.1) is 0 Å². The summed E-state index contributed by atoms with van der Waals surface area (Å²) in [6.45, 7) is 7.44. The van der Waals surface area contributed by atoms with E-state index >= 15 is 0 Å². The Morgan fingerprint density at radius 1 is 1.40 bits per heavy atom. The van der Waals surface area contributed by atoms with Gasteiger partial charge in [0.15, 0.2) is 0 Å². The predicted molar refractivity (Wildman–Crippen MR) is 47.4 cm³/mol. The third-order valence-electron chi connectivity index (χ3n) is 1.06. The molecule has 0 aromatic carbocycles. The van der Waals surface area contributed by atoms with Crippen LogP contribution >= 0.6 is 11.6 Å². The highest BCUT2D eigenvalue weighted by Crippen LogP contribution is 1.98. The number of nitrogens with one attached hydrogen (secondary N) is 1. The van der Waals surface area contributed by atoms with Gasteiger partial charge >= 0.3 is 0 Å². The molecule has 10 heavy (non-hydrogen) atoms. The van der Waals surface area contributed by atoms with Gasteiger partial charge in [-0.15, -0.1) is 0 Å². The molecule has 0 aliphatic rings. The predicted octanol–water partition coefficient (Wildman–Crippen LogP) is 2.52. The van der Waals surface area contributed by atoms with Crippen molar-refractivity contribution in [2.24, 2.45) is 0 Å². The molecule has 0 atom stereocenters. The van der Waals surface area contributed by atoms with Gasteiger partial charge in [0, 0.05) is 11.1 Å². The molecule has 0 heterocycles. The molecule has 1 N–H and O–H groups in total. The van der Waals surface area contributed by atoms with Crippen LogP contribution in [-0.2, 0) is 0 Å². The van der Waals surface area contributed by atoms with E-state index in [0.29, 0.717) is 0 Å². The SMILES string of the molecule is CC(C)(C)NCC/C=C/Cl. The lowest BCUT2D eigenvalue weighted by atomic mass is 10.1. The van der Waals surface area contributed by atoms with E-state index in [0.717, 1.165) is 13.0 Å². The third-order valence-corrected chi connectivity index (χ3v) is 1.23. The zero-order chi connectivity index (χ0) is 8.04. The average molecular weight is 162 g/mol. The fourth-order valence-electron chi connectivity index (χ4n) is 0.593. The standard InChI is InChI=1S/C8H16ClN/c1-8(2,3)10-7-5-4-6-9/h4,6,10H,5,7H2,1-3H3/b6-4+. The molecule has 0 saturated heterocycles. The summed E-state index contributed by atoms with van der Waals surface area (Å²) < 4.78 is 0. The van der Waals surface area contributed by atoms with Gasteiger partial charge in [-0.3, -0.25) is 0 Å². The van der Waals surface area contributed by atoms with Gasteiger partial charge in [-0.25, -0.2) is 0 Å². The van der Waals surface area contributed by atoms with Gasteiger partial charge in [-0.1, -0.05) is 17.7 Å². The van der Waals surface area contributed by atoms with Crippen LogP contribution in [0, 0.1) is 0 Å². The van der Waals surface area contributed by atoms with Crippen molar-refractivity contribution < 1.29 is 0 Å². The van der Waals surface area contributed by atoms with Crippen molar-refractivity contribution in [2.45, 2.75) is 32.7 Å². The van der Waals surface area contributed by atoms with Crippen molar-refractivity contribution in [2.75, 3.05) is 6.54 Å². The van der Waals surface area contributed by atoms with Crippen LogP contribution in [0.15, 0.2) is 11.6 Å². The van der Waals surface area contributed by atoms with Crippen molar-refractivity contribution in [1.82, 2.24) is 5.32 Å². The molecule has 0 aliphatic carbocycles. The van der Waals surface area contributed by atoms with Crippen LogP contribution in [0.25, 0.3) is 0 Å². The Morgan fingerprint density at radius 2 is 2.00 bits per heavy atom. The highest BCUT2D eigenvalue weighted by Gasteiger charge is 2.05. The van der Waals surface area contributed by atoms with E-state index in [1.54, 1.807) is 5.54 Å². The average Bonchev–Trinajstić information content (AvgIpc) is 1.78. The van der Waals surface area contributed by atoms with E-state index in [1.165, 1.54) is 0 Å². The van der Waals surface area contributed by atoms with Crippen LogP contribution in [0.5, 0.6) is 0 Å². The number of rotatable bonds is 3. The topological polar surface area (TPSA) is 12.0 Å². The second-order valence-electron chi connectivity index (χ2n) is 3.33. The van der Waals surface area contributed by atoms with Crippen molar-refractivity contribution >= 4 is 11.6 Å². The van der Waals surface area contributed by atoms with Gasteiger partial charge < -0.3 is 5.32 Å². The molecule has 0 rings (SSSR count). The van der Waals surface area contributed by atoms with Crippen molar-refractivity contribution in [3.8, 4) is 0 Å². The van der Waals surface area contributed by atoms with E-state index in [2.05, 4.69) is 26.1 Å². The molecule has 2 heteroatoms. The minimum Gasteiger partial charge on any atom is -0.312 e. The summed E-state index contributed by atoms with van der Waals surface area (Å²) in [4.78, 5) is 0. The maximum Gasteiger partial charge on any atom is 0.00966 e. The Morgan fingerprint density at radius 3 is 2.40 bits per heavy atom. The summed E-state index contributed by atoms with van der Waals surface area (Å²) in [7, 11) is 0. The maximum atomic E-state index is 5.34. The highest BCUT2D eigenvalue weighted by atomic mass is 35.5. The smallest absolute Gasteiger partial charge is 0.00966 e. The molecule has 0 radical (unpaired) electrons. The number of halogens is 1. The van der Waals surface area contributed by atoms with Crippen LogP contribution in [-0.4, -0.2) is 12.1 Å². The van der Waals surface area contributed by atoms with Crippen LogP contribution in [0.2, 0.25) is 0 Å². The van der Waals surface area contributed by atoms with E-state index in [9.17, 15) is 0 Å². The molecule has 60 valence electrons. The Hall–Kier alpha value is -0.0100. The Bertz CT molecular complexity index is 102. The molecule has 0 fully saturated rings. The first kappa shape index (κ1) is 9.99. The fraction of sp³-hybridized carbons (Fsp3) is 0.750. The second-order valence-corrected chi connectivity index (χ2v) is 3.58. The zero-order valence-corrected chi connectivity index (χ0v) is 7.70. The fourth-order valence-corrected chi connectivity index (χ4v) is 0.719. The first-order valence-corrected chi connectivity index (χ1v) is 4.00.